The number of rotatable bonds is 3. The van der Waals surface area contributed by atoms with Crippen LogP contribution in [0.25, 0.3) is 0 Å². The van der Waals surface area contributed by atoms with E-state index in [1.54, 1.807) is 0 Å². The van der Waals surface area contributed by atoms with Crippen molar-refractivity contribution in [3.05, 3.63) is 26.7 Å². The molecule has 1 aliphatic carbocycles. The molecule has 2 N–H and O–H groups in total. The summed E-state index contributed by atoms with van der Waals surface area (Å²) in [7, 11) is -3.88. The van der Waals surface area contributed by atoms with Gasteiger partial charge in [-0.2, -0.15) is 0 Å². The van der Waals surface area contributed by atoms with Gasteiger partial charge in [-0.1, -0.05) is 58.4 Å². The average molecular weight is 417 g/mol. The summed E-state index contributed by atoms with van der Waals surface area (Å²) in [5.74, 6) is 0. The summed E-state index contributed by atoms with van der Waals surface area (Å²) in [6, 6.07) is 2.45. The minimum atomic E-state index is -3.88. The summed E-state index contributed by atoms with van der Waals surface area (Å²) in [5.41, 5.74) is 0. The van der Waals surface area contributed by atoms with Gasteiger partial charge in [-0.05, 0) is 25.0 Å². The third kappa shape index (κ3) is 4.33. The summed E-state index contributed by atoms with van der Waals surface area (Å²) < 4.78 is 28.2. The summed E-state index contributed by atoms with van der Waals surface area (Å²) >= 11 is 15.2. The molecule has 2 unspecified atom stereocenters. The molecular weight excluding hydrogens is 401 g/mol. The van der Waals surface area contributed by atoms with Crippen molar-refractivity contribution >= 4 is 49.2 Å². The zero-order valence-corrected chi connectivity index (χ0v) is 15.1. The second-order valence-corrected chi connectivity index (χ2v) is 8.51. The normalized spacial score (nSPS) is 23.8. The predicted octanol–water partition coefficient (Wildman–Crippen LogP) is 3.73. The van der Waals surface area contributed by atoms with Gasteiger partial charge in [0, 0.05) is 10.5 Å². The Kier molecular flexibility index (Phi) is 5.96. The maximum Gasteiger partial charge on any atom is 0.243 e. The Morgan fingerprint density at radius 3 is 2.33 bits per heavy atom. The quantitative estimate of drug-likeness (QED) is 0.737. The molecular formula is C13H16BrCl2NO3S. The van der Waals surface area contributed by atoms with Gasteiger partial charge in [0.1, 0.15) is 4.90 Å². The number of aliphatic hydroxyl groups excluding tert-OH is 1. The molecule has 1 aromatic rings. The van der Waals surface area contributed by atoms with Gasteiger partial charge in [0.25, 0.3) is 0 Å². The van der Waals surface area contributed by atoms with E-state index in [4.69, 9.17) is 23.2 Å². The van der Waals surface area contributed by atoms with E-state index in [1.165, 1.54) is 12.1 Å². The van der Waals surface area contributed by atoms with Crippen LogP contribution in [-0.2, 0) is 10.0 Å². The van der Waals surface area contributed by atoms with Gasteiger partial charge in [-0.25, -0.2) is 13.1 Å². The number of aliphatic hydroxyl groups is 1. The Morgan fingerprint density at radius 1 is 1.14 bits per heavy atom. The molecule has 0 aliphatic heterocycles. The molecule has 0 saturated heterocycles. The monoisotopic (exact) mass is 415 g/mol. The fourth-order valence-corrected chi connectivity index (χ4v) is 5.71. The van der Waals surface area contributed by atoms with Crippen molar-refractivity contribution in [3.8, 4) is 0 Å². The molecule has 8 heteroatoms. The zero-order chi connectivity index (χ0) is 15.6. The summed E-state index contributed by atoms with van der Waals surface area (Å²) in [4.78, 5) is -0.148. The van der Waals surface area contributed by atoms with Gasteiger partial charge >= 0.3 is 0 Å². The second kappa shape index (κ2) is 7.15. The van der Waals surface area contributed by atoms with Crippen molar-refractivity contribution in [2.45, 2.75) is 49.1 Å². The molecule has 0 aromatic heterocycles. The highest BCUT2D eigenvalue weighted by Gasteiger charge is 2.29. The van der Waals surface area contributed by atoms with Crippen LogP contribution in [0.5, 0.6) is 0 Å². The minimum absolute atomic E-state index is 0.0463. The van der Waals surface area contributed by atoms with Gasteiger partial charge in [-0.15, -0.1) is 0 Å². The number of hydrogen-bond acceptors (Lipinski definition) is 3. The maximum atomic E-state index is 12.5. The Hall–Kier alpha value is 0.150. The molecule has 0 amide bonds. The zero-order valence-electron chi connectivity index (χ0n) is 11.2. The SMILES string of the molecule is O=S(=O)(NC1CCCCCC1O)c1c(Cl)cc(Br)cc1Cl. The lowest BCUT2D eigenvalue weighted by atomic mass is 10.1. The highest BCUT2D eigenvalue weighted by molar-refractivity contribution is 9.10. The first-order chi connectivity index (χ1) is 9.81. The van der Waals surface area contributed by atoms with Gasteiger partial charge in [0.05, 0.1) is 16.1 Å². The topological polar surface area (TPSA) is 66.4 Å². The maximum absolute atomic E-state index is 12.5. The first-order valence-corrected chi connectivity index (χ1v) is 9.69. The molecule has 1 aliphatic rings. The molecule has 2 rings (SSSR count). The molecule has 1 saturated carbocycles. The molecule has 0 spiro atoms. The second-order valence-electron chi connectivity index (χ2n) is 5.13. The van der Waals surface area contributed by atoms with Crippen molar-refractivity contribution in [2.24, 2.45) is 0 Å². The lowest BCUT2D eigenvalue weighted by Gasteiger charge is -2.22. The van der Waals surface area contributed by atoms with Crippen LogP contribution < -0.4 is 4.72 Å². The van der Waals surface area contributed by atoms with E-state index in [2.05, 4.69) is 20.7 Å². The fraction of sp³-hybridized carbons (Fsp3) is 0.538. The Morgan fingerprint density at radius 2 is 1.71 bits per heavy atom. The summed E-state index contributed by atoms with van der Waals surface area (Å²) in [5, 5.41) is 10.1. The van der Waals surface area contributed by atoms with Crippen molar-refractivity contribution in [1.82, 2.24) is 4.72 Å². The van der Waals surface area contributed by atoms with E-state index in [0.29, 0.717) is 17.3 Å². The molecule has 2 atom stereocenters. The third-order valence-corrected chi connectivity index (χ3v) is 6.39. The van der Waals surface area contributed by atoms with Gasteiger partial charge < -0.3 is 5.11 Å². The first kappa shape index (κ1) is 17.5. The molecule has 0 heterocycles. The van der Waals surface area contributed by atoms with Crippen molar-refractivity contribution < 1.29 is 13.5 Å². The highest BCUT2D eigenvalue weighted by atomic mass is 79.9. The minimum Gasteiger partial charge on any atom is -0.391 e. The van der Waals surface area contributed by atoms with Crippen molar-refractivity contribution in [2.75, 3.05) is 0 Å². The number of benzene rings is 1. The predicted molar refractivity (Wildman–Crippen MR) is 87.4 cm³/mol. The standard InChI is InChI=1S/C13H16BrCl2NO3S/c14-8-6-9(15)13(10(16)7-8)21(19,20)17-11-4-2-1-3-5-12(11)18/h6-7,11-12,17-18H,1-5H2. The van der Waals surface area contributed by atoms with Crippen LogP contribution >= 0.6 is 39.1 Å². The number of halogens is 3. The summed E-state index contributed by atoms with van der Waals surface area (Å²) in [6.07, 6.45) is 3.29. The van der Waals surface area contributed by atoms with E-state index >= 15 is 0 Å². The van der Waals surface area contributed by atoms with E-state index in [-0.39, 0.29) is 14.9 Å². The fourth-order valence-electron chi connectivity index (χ4n) is 2.47. The van der Waals surface area contributed by atoms with Gasteiger partial charge in [0.2, 0.25) is 10.0 Å². The van der Waals surface area contributed by atoms with Crippen LogP contribution in [0.3, 0.4) is 0 Å². The highest BCUT2D eigenvalue weighted by Crippen LogP contribution is 2.33. The van der Waals surface area contributed by atoms with Crippen LogP contribution in [-0.4, -0.2) is 25.7 Å². The van der Waals surface area contributed by atoms with Crippen LogP contribution in [0.2, 0.25) is 10.0 Å². The van der Waals surface area contributed by atoms with E-state index in [9.17, 15) is 13.5 Å². The van der Waals surface area contributed by atoms with E-state index in [0.717, 1.165) is 19.3 Å². The molecule has 0 bridgehead atoms. The van der Waals surface area contributed by atoms with E-state index in [1.807, 2.05) is 0 Å². The van der Waals surface area contributed by atoms with Crippen LogP contribution in [0.4, 0.5) is 0 Å². The third-order valence-electron chi connectivity index (χ3n) is 3.52. The lowest BCUT2D eigenvalue weighted by molar-refractivity contribution is 0.130. The molecule has 1 aromatic carbocycles. The average Bonchev–Trinajstić information content (AvgIpc) is 2.52. The van der Waals surface area contributed by atoms with Crippen LogP contribution in [0.15, 0.2) is 21.5 Å². The molecule has 1 fully saturated rings. The Bertz CT molecular complexity index is 601. The Balaban J connectivity index is 2.30. The number of nitrogens with one attached hydrogen (secondary N) is 1. The lowest BCUT2D eigenvalue weighted by Crippen LogP contribution is -2.42. The van der Waals surface area contributed by atoms with Gasteiger partial charge in [0.15, 0.2) is 0 Å². The smallest absolute Gasteiger partial charge is 0.243 e. The van der Waals surface area contributed by atoms with Crippen molar-refractivity contribution in [3.63, 3.8) is 0 Å². The number of hydrogen-bond donors (Lipinski definition) is 2. The van der Waals surface area contributed by atoms with Crippen LogP contribution in [0.1, 0.15) is 32.1 Å². The van der Waals surface area contributed by atoms with E-state index < -0.39 is 22.2 Å². The molecule has 0 radical (unpaired) electrons. The summed E-state index contributed by atoms with van der Waals surface area (Å²) in [6.45, 7) is 0. The largest absolute Gasteiger partial charge is 0.391 e. The van der Waals surface area contributed by atoms with Gasteiger partial charge in [-0.3, -0.25) is 0 Å². The molecule has 118 valence electrons. The molecule has 21 heavy (non-hydrogen) atoms. The molecule has 4 nitrogen and oxygen atoms in total. The first-order valence-electron chi connectivity index (χ1n) is 6.66. The van der Waals surface area contributed by atoms with Crippen LogP contribution in [0, 0.1) is 0 Å². The van der Waals surface area contributed by atoms with Crippen molar-refractivity contribution in [1.29, 1.82) is 0 Å². The number of sulfonamides is 1. The Labute approximate surface area is 143 Å².